The molecule has 0 saturated carbocycles. The van der Waals surface area contributed by atoms with Gasteiger partial charge in [-0.15, -0.1) is 5.25 Å². The van der Waals surface area contributed by atoms with Gasteiger partial charge >= 0.3 is 7.75 Å². The first kappa shape index (κ1) is 12.1. The van der Waals surface area contributed by atoms with Crippen molar-refractivity contribution in [2.75, 3.05) is 0 Å². The van der Waals surface area contributed by atoms with Gasteiger partial charge in [0, 0.05) is 0 Å². The standard InChI is InChI=1S/C6H16NO4P/c1-5(2)10-7-12(8,9)11-6(3)4/h5-6H,1-4H3,(H2,7,8,9). The highest BCUT2D eigenvalue weighted by molar-refractivity contribution is 7.50. The normalized spacial score (nSPS) is 16.9. The maximum absolute atomic E-state index is 11.0. The van der Waals surface area contributed by atoms with Crippen LogP contribution in [0, 0.1) is 0 Å². The first-order chi connectivity index (χ1) is 5.33. The van der Waals surface area contributed by atoms with Crippen molar-refractivity contribution >= 4 is 7.75 Å². The van der Waals surface area contributed by atoms with Crippen LogP contribution in [0.5, 0.6) is 0 Å². The molecule has 0 heterocycles. The second-order valence-corrected chi connectivity index (χ2v) is 4.37. The molecule has 0 rings (SSSR count). The predicted molar refractivity (Wildman–Crippen MR) is 45.4 cm³/mol. The third-order valence-electron chi connectivity index (χ3n) is 0.757. The summed E-state index contributed by atoms with van der Waals surface area (Å²) < 4.78 is 15.7. The highest BCUT2D eigenvalue weighted by Crippen LogP contribution is 2.38. The minimum Gasteiger partial charge on any atom is -0.311 e. The summed E-state index contributed by atoms with van der Waals surface area (Å²) in [7, 11) is -3.77. The van der Waals surface area contributed by atoms with Crippen LogP contribution in [0.1, 0.15) is 27.7 Å². The Hall–Kier alpha value is 0.0700. The summed E-state index contributed by atoms with van der Waals surface area (Å²) in [6, 6.07) is 0. The van der Waals surface area contributed by atoms with E-state index >= 15 is 0 Å². The summed E-state index contributed by atoms with van der Waals surface area (Å²) >= 11 is 0. The van der Waals surface area contributed by atoms with Crippen LogP contribution in [0.2, 0.25) is 0 Å². The molecule has 0 amide bonds. The number of hydrogen-bond acceptors (Lipinski definition) is 3. The lowest BCUT2D eigenvalue weighted by Gasteiger charge is -2.16. The average molecular weight is 197 g/mol. The molecule has 0 saturated heterocycles. The lowest BCUT2D eigenvalue weighted by molar-refractivity contribution is 0.0168. The lowest BCUT2D eigenvalue weighted by Crippen LogP contribution is -2.19. The van der Waals surface area contributed by atoms with Gasteiger partial charge in [-0.05, 0) is 27.7 Å². The number of nitrogens with one attached hydrogen (secondary N) is 1. The molecule has 0 aliphatic heterocycles. The van der Waals surface area contributed by atoms with Crippen molar-refractivity contribution in [1.82, 2.24) is 5.25 Å². The lowest BCUT2D eigenvalue weighted by atomic mass is 10.5. The van der Waals surface area contributed by atoms with Gasteiger partial charge in [0.2, 0.25) is 0 Å². The molecule has 0 fully saturated rings. The molecule has 0 spiro atoms. The molecule has 1 unspecified atom stereocenters. The van der Waals surface area contributed by atoms with Crippen molar-refractivity contribution in [2.45, 2.75) is 39.9 Å². The van der Waals surface area contributed by atoms with Crippen molar-refractivity contribution < 1.29 is 18.8 Å². The molecule has 0 aromatic carbocycles. The third-order valence-corrected chi connectivity index (χ3v) is 1.80. The SMILES string of the molecule is CC(C)ONP(=O)(O)OC(C)C. The molecule has 5 nitrogen and oxygen atoms in total. The van der Waals surface area contributed by atoms with Crippen LogP contribution in [0.4, 0.5) is 0 Å². The Morgan fingerprint density at radius 2 is 1.75 bits per heavy atom. The molecule has 0 aromatic heterocycles. The van der Waals surface area contributed by atoms with Crippen LogP contribution in [0.25, 0.3) is 0 Å². The van der Waals surface area contributed by atoms with E-state index in [9.17, 15) is 4.57 Å². The molecule has 0 radical (unpaired) electrons. The average Bonchev–Trinajstić information content (AvgIpc) is 1.81. The van der Waals surface area contributed by atoms with Gasteiger partial charge in [-0.3, -0.25) is 9.36 Å². The first-order valence-corrected chi connectivity index (χ1v) is 5.35. The van der Waals surface area contributed by atoms with Crippen LogP contribution in [0.15, 0.2) is 0 Å². The summed E-state index contributed by atoms with van der Waals surface area (Å²) in [6.45, 7) is 6.81. The smallest absolute Gasteiger partial charge is 0.311 e. The van der Waals surface area contributed by atoms with E-state index in [1.807, 2.05) is 5.25 Å². The maximum Gasteiger partial charge on any atom is 0.426 e. The molecule has 2 N–H and O–H groups in total. The zero-order chi connectivity index (χ0) is 9.78. The Morgan fingerprint density at radius 3 is 2.08 bits per heavy atom. The minimum atomic E-state index is -3.77. The summed E-state index contributed by atoms with van der Waals surface area (Å²) in [4.78, 5) is 13.8. The van der Waals surface area contributed by atoms with Crippen molar-refractivity contribution in [3.63, 3.8) is 0 Å². The van der Waals surface area contributed by atoms with Gasteiger partial charge in [-0.2, -0.15) is 0 Å². The monoisotopic (exact) mass is 197 g/mol. The summed E-state index contributed by atoms with van der Waals surface area (Å²) in [5.74, 6) is 0. The van der Waals surface area contributed by atoms with Crippen LogP contribution in [0.3, 0.4) is 0 Å². The van der Waals surface area contributed by atoms with Crippen LogP contribution >= 0.6 is 7.75 Å². The quantitative estimate of drug-likeness (QED) is 0.515. The molecule has 0 aromatic rings. The van der Waals surface area contributed by atoms with Gasteiger partial charge in [-0.25, -0.2) is 4.57 Å². The van der Waals surface area contributed by atoms with Gasteiger partial charge in [0.15, 0.2) is 0 Å². The first-order valence-electron chi connectivity index (χ1n) is 3.77. The molecule has 0 aliphatic rings. The van der Waals surface area contributed by atoms with Gasteiger partial charge in [-0.1, -0.05) is 0 Å². The molecule has 0 aliphatic carbocycles. The topological polar surface area (TPSA) is 67.8 Å². The molecular weight excluding hydrogens is 181 g/mol. The van der Waals surface area contributed by atoms with E-state index in [-0.39, 0.29) is 12.2 Å². The van der Waals surface area contributed by atoms with E-state index in [0.29, 0.717) is 0 Å². The van der Waals surface area contributed by atoms with Crippen molar-refractivity contribution in [2.24, 2.45) is 0 Å². The van der Waals surface area contributed by atoms with Crippen molar-refractivity contribution in [3.8, 4) is 0 Å². The zero-order valence-electron chi connectivity index (χ0n) is 7.77. The fraction of sp³-hybridized carbons (Fsp3) is 1.00. The Kier molecular flexibility index (Phi) is 4.97. The van der Waals surface area contributed by atoms with E-state index in [1.165, 1.54) is 0 Å². The van der Waals surface area contributed by atoms with E-state index in [2.05, 4.69) is 4.52 Å². The third kappa shape index (κ3) is 6.76. The van der Waals surface area contributed by atoms with Crippen molar-refractivity contribution in [1.29, 1.82) is 0 Å². The highest BCUT2D eigenvalue weighted by atomic mass is 31.2. The van der Waals surface area contributed by atoms with Gasteiger partial charge in [0.25, 0.3) is 0 Å². The number of rotatable bonds is 5. The second-order valence-electron chi connectivity index (χ2n) is 2.93. The van der Waals surface area contributed by atoms with Crippen molar-refractivity contribution in [3.05, 3.63) is 0 Å². The molecule has 0 bridgehead atoms. The Labute approximate surface area is 72.6 Å². The Morgan fingerprint density at radius 1 is 1.25 bits per heavy atom. The fourth-order valence-electron chi connectivity index (χ4n) is 0.479. The predicted octanol–water partition coefficient (Wildman–Crippen LogP) is 1.44. The molecular formula is C6H16NO4P. The summed E-state index contributed by atoms with van der Waals surface area (Å²) in [6.07, 6.45) is -0.481. The fourth-order valence-corrected chi connectivity index (χ4v) is 1.44. The van der Waals surface area contributed by atoms with Crippen LogP contribution in [-0.2, 0) is 13.9 Å². The van der Waals surface area contributed by atoms with Crippen LogP contribution < -0.4 is 5.25 Å². The minimum absolute atomic E-state index is 0.166. The van der Waals surface area contributed by atoms with E-state index in [4.69, 9.17) is 9.73 Å². The molecule has 12 heavy (non-hydrogen) atoms. The van der Waals surface area contributed by atoms with E-state index in [1.54, 1.807) is 27.7 Å². The summed E-state index contributed by atoms with van der Waals surface area (Å²) in [5.41, 5.74) is 0. The highest BCUT2D eigenvalue weighted by Gasteiger charge is 2.21. The zero-order valence-corrected chi connectivity index (χ0v) is 8.67. The largest absolute Gasteiger partial charge is 0.426 e. The van der Waals surface area contributed by atoms with E-state index < -0.39 is 7.75 Å². The molecule has 6 heteroatoms. The summed E-state index contributed by atoms with van der Waals surface area (Å²) in [5, 5.41) is 1.98. The molecule has 1 atom stereocenters. The van der Waals surface area contributed by atoms with Crippen LogP contribution in [-0.4, -0.2) is 17.1 Å². The van der Waals surface area contributed by atoms with E-state index in [0.717, 1.165) is 0 Å². The Balaban J connectivity index is 3.80. The second kappa shape index (κ2) is 4.94. The van der Waals surface area contributed by atoms with Gasteiger partial charge < -0.3 is 4.89 Å². The molecule has 74 valence electrons. The van der Waals surface area contributed by atoms with Gasteiger partial charge in [0.1, 0.15) is 0 Å². The Bertz CT molecular complexity index is 171. The van der Waals surface area contributed by atoms with Gasteiger partial charge in [0.05, 0.1) is 12.2 Å². The maximum atomic E-state index is 11.0. The number of hydrogen-bond donors (Lipinski definition) is 2.